The summed E-state index contributed by atoms with van der Waals surface area (Å²) in [5.74, 6) is -2.94. The van der Waals surface area contributed by atoms with Crippen molar-refractivity contribution in [2.75, 3.05) is 13.2 Å². The molecule has 2 aliphatic rings. The SMILES string of the molecule is O=C(NC1CC(CO)(CO)C1)c1ccn2c(Cl)c(-c3c(F)cc(F)cc3-c3cnn(C4CC4)c3F)nc2c1. The van der Waals surface area contributed by atoms with Gasteiger partial charge in [-0.15, -0.1) is 0 Å². The number of carbonyl (C=O) groups excluding carboxylic acids is 1. The van der Waals surface area contributed by atoms with Crippen molar-refractivity contribution in [3.8, 4) is 22.4 Å². The van der Waals surface area contributed by atoms with Crippen LogP contribution in [0, 0.1) is 23.0 Å². The molecule has 0 saturated heterocycles. The van der Waals surface area contributed by atoms with E-state index in [1.54, 1.807) is 0 Å². The van der Waals surface area contributed by atoms with Gasteiger partial charge in [-0.05, 0) is 43.9 Å². The maximum Gasteiger partial charge on any atom is 0.251 e. The van der Waals surface area contributed by atoms with Crippen molar-refractivity contribution in [1.82, 2.24) is 24.5 Å². The molecule has 38 heavy (non-hydrogen) atoms. The van der Waals surface area contributed by atoms with Gasteiger partial charge in [-0.1, -0.05) is 11.6 Å². The quantitative estimate of drug-likeness (QED) is 0.324. The third-order valence-corrected chi connectivity index (χ3v) is 7.77. The summed E-state index contributed by atoms with van der Waals surface area (Å²) >= 11 is 6.56. The number of fused-ring (bicyclic) bond motifs is 1. The summed E-state index contributed by atoms with van der Waals surface area (Å²) in [5, 5.41) is 25.8. The third kappa shape index (κ3) is 4.05. The molecule has 3 N–H and O–H groups in total. The second-order valence-corrected chi connectivity index (χ2v) is 10.5. The van der Waals surface area contributed by atoms with Crippen LogP contribution < -0.4 is 5.32 Å². The van der Waals surface area contributed by atoms with E-state index in [4.69, 9.17) is 11.6 Å². The molecule has 2 fully saturated rings. The van der Waals surface area contributed by atoms with Gasteiger partial charge in [0.15, 0.2) is 0 Å². The molecule has 3 aromatic heterocycles. The number of amides is 1. The van der Waals surface area contributed by atoms with Crippen LogP contribution in [-0.4, -0.2) is 54.5 Å². The number of imidazole rings is 1. The second-order valence-electron chi connectivity index (χ2n) is 10.1. The summed E-state index contributed by atoms with van der Waals surface area (Å²) in [7, 11) is 0. The van der Waals surface area contributed by atoms with Crippen LogP contribution in [0.3, 0.4) is 0 Å². The number of carbonyl (C=O) groups is 1. The molecule has 4 aromatic rings. The van der Waals surface area contributed by atoms with E-state index in [1.807, 2.05) is 0 Å². The Labute approximate surface area is 219 Å². The number of benzene rings is 1. The largest absolute Gasteiger partial charge is 0.396 e. The first-order valence-electron chi connectivity index (χ1n) is 12.2. The van der Waals surface area contributed by atoms with Crippen LogP contribution in [0.2, 0.25) is 5.15 Å². The van der Waals surface area contributed by atoms with Crippen molar-refractivity contribution in [3.63, 3.8) is 0 Å². The van der Waals surface area contributed by atoms with Crippen LogP contribution >= 0.6 is 11.6 Å². The summed E-state index contributed by atoms with van der Waals surface area (Å²) in [6.45, 7) is -0.325. The number of aliphatic hydroxyl groups is 2. The van der Waals surface area contributed by atoms with E-state index >= 15 is 8.78 Å². The van der Waals surface area contributed by atoms with E-state index in [0.717, 1.165) is 18.9 Å². The van der Waals surface area contributed by atoms with Crippen molar-refractivity contribution >= 4 is 23.2 Å². The highest BCUT2D eigenvalue weighted by molar-refractivity contribution is 6.32. The minimum Gasteiger partial charge on any atom is -0.396 e. The molecule has 0 atom stereocenters. The zero-order valence-electron chi connectivity index (χ0n) is 20.0. The smallest absolute Gasteiger partial charge is 0.251 e. The Kier molecular flexibility index (Phi) is 5.97. The van der Waals surface area contributed by atoms with E-state index in [2.05, 4.69) is 15.4 Å². The highest BCUT2D eigenvalue weighted by Gasteiger charge is 2.44. The van der Waals surface area contributed by atoms with E-state index in [-0.39, 0.29) is 70.0 Å². The van der Waals surface area contributed by atoms with Gasteiger partial charge in [-0.25, -0.2) is 18.4 Å². The molecule has 0 aliphatic heterocycles. The molecule has 8 nitrogen and oxygen atoms in total. The van der Waals surface area contributed by atoms with Crippen molar-refractivity contribution in [2.24, 2.45) is 5.41 Å². The van der Waals surface area contributed by atoms with Gasteiger partial charge in [0.1, 0.15) is 28.1 Å². The summed E-state index contributed by atoms with van der Waals surface area (Å²) < 4.78 is 47.3. The molecule has 12 heteroatoms. The van der Waals surface area contributed by atoms with E-state index in [9.17, 15) is 19.4 Å². The van der Waals surface area contributed by atoms with Crippen LogP contribution in [0.1, 0.15) is 42.1 Å². The molecule has 1 amide bonds. The number of halogens is 4. The first-order valence-corrected chi connectivity index (χ1v) is 12.5. The van der Waals surface area contributed by atoms with Crippen molar-refractivity contribution in [3.05, 3.63) is 65.0 Å². The lowest BCUT2D eigenvalue weighted by Crippen LogP contribution is -2.54. The first-order chi connectivity index (χ1) is 18.2. The average Bonchev–Trinajstić information content (AvgIpc) is 3.57. The minimum absolute atomic E-state index is 0.00313. The van der Waals surface area contributed by atoms with Crippen LogP contribution in [0.5, 0.6) is 0 Å². The summed E-state index contributed by atoms with van der Waals surface area (Å²) in [6.07, 6.45) is 5.20. The van der Waals surface area contributed by atoms with Crippen molar-refractivity contribution < 1.29 is 28.2 Å². The maximum absolute atomic E-state index is 15.2. The predicted molar refractivity (Wildman–Crippen MR) is 132 cm³/mol. The van der Waals surface area contributed by atoms with E-state index < -0.39 is 23.0 Å². The fourth-order valence-corrected chi connectivity index (χ4v) is 5.39. The number of rotatable bonds is 7. The number of hydrogen-bond acceptors (Lipinski definition) is 5. The lowest BCUT2D eigenvalue weighted by atomic mass is 9.66. The molecule has 198 valence electrons. The Morgan fingerprint density at radius 1 is 1.13 bits per heavy atom. The van der Waals surface area contributed by atoms with Crippen LogP contribution in [0.15, 0.2) is 36.7 Å². The van der Waals surface area contributed by atoms with Crippen LogP contribution in [-0.2, 0) is 0 Å². The number of nitrogens with zero attached hydrogens (tertiary/aromatic N) is 4. The van der Waals surface area contributed by atoms with Crippen LogP contribution in [0.4, 0.5) is 13.2 Å². The zero-order chi connectivity index (χ0) is 26.8. The Morgan fingerprint density at radius 2 is 1.87 bits per heavy atom. The lowest BCUT2D eigenvalue weighted by molar-refractivity contribution is -0.0300. The van der Waals surface area contributed by atoms with Gasteiger partial charge in [0.05, 0.1) is 31.0 Å². The van der Waals surface area contributed by atoms with Gasteiger partial charge in [-0.2, -0.15) is 9.49 Å². The fourth-order valence-electron chi connectivity index (χ4n) is 5.11. The number of pyridine rings is 1. The Morgan fingerprint density at radius 3 is 2.55 bits per heavy atom. The summed E-state index contributed by atoms with van der Waals surface area (Å²) in [6, 6.07) is 4.43. The molecule has 0 spiro atoms. The molecule has 6 rings (SSSR count). The Balaban J connectivity index is 1.35. The standard InChI is InChI=1S/C26H23ClF3N5O3/c27-23-22(21-17(6-14(28)7-19(21)29)18-10-31-35(24(18)30)16-1-2-16)33-20-5-13(3-4-34(20)23)25(38)32-15-8-26(9-15,11-36)12-37/h3-7,10,15-16,36-37H,1-2,8-9,11-12H2,(H,32,38). The molecule has 0 radical (unpaired) electrons. The molecular weight excluding hydrogens is 523 g/mol. The number of nitrogens with one attached hydrogen (secondary N) is 1. The number of aliphatic hydroxyl groups excluding tert-OH is 2. The van der Waals surface area contributed by atoms with E-state index in [1.165, 1.54) is 33.6 Å². The third-order valence-electron chi connectivity index (χ3n) is 7.40. The summed E-state index contributed by atoms with van der Waals surface area (Å²) in [4.78, 5) is 17.2. The van der Waals surface area contributed by atoms with Crippen LogP contribution in [0.25, 0.3) is 28.0 Å². The lowest BCUT2D eigenvalue weighted by Gasteiger charge is -2.45. The number of aromatic nitrogens is 4. The predicted octanol–water partition coefficient (Wildman–Crippen LogP) is 4.13. The van der Waals surface area contributed by atoms with Gasteiger partial charge in [0, 0.05) is 40.4 Å². The maximum atomic E-state index is 15.2. The van der Waals surface area contributed by atoms with Gasteiger partial charge in [0.25, 0.3) is 5.91 Å². The van der Waals surface area contributed by atoms with Crippen molar-refractivity contribution in [1.29, 1.82) is 0 Å². The summed E-state index contributed by atoms with van der Waals surface area (Å²) in [5.41, 5.74) is -0.442. The Hall–Kier alpha value is -3.41. The highest BCUT2D eigenvalue weighted by Crippen LogP contribution is 2.42. The highest BCUT2D eigenvalue weighted by atomic mass is 35.5. The monoisotopic (exact) mass is 545 g/mol. The van der Waals surface area contributed by atoms with Gasteiger partial charge in [-0.3, -0.25) is 9.20 Å². The van der Waals surface area contributed by atoms with E-state index in [0.29, 0.717) is 18.9 Å². The minimum atomic E-state index is -0.969. The molecule has 0 bridgehead atoms. The average molecular weight is 546 g/mol. The molecule has 0 unspecified atom stereocenters. The first kappa shape index (κ1) is 24.9. The van der Waals surface area contributed by atoms with Crippen molar-refractivity contribution in [2.45, 2.75) is 37.8 Å². The van der Waals surface area contributed by atoms with Gasteiger partial charge < -0.3 is 15.5 Å². The molecule has 2 saturated carbocycles. The fraction of sp³-hybridized carbons (Fsp3) is 0.346. The number of hydrogen-bond donors (Lipinski definition) is 3. The molecule has 2 aliphatic carbocycles. The normalized spacial score (nSPS) is 17.1. The van der Waals surface area contributed by atoms with Gasteiger partial charge in [0.2, 0.25) is 5.95 Å². The second kappa shape index (κ2) is 9.11. The molecular formula is C26H23ClF3N5O3. The zero-order valence-corrected chi connectivity index (χ0v) is 20.7. The Bertz CT molecular complexity index is 1570. The topological polar surface area (TPSA) is 105 Å². The molecule has 3 heterocycles. The van der Waals surface area contributed by atoms with Gasteiger partial charge >= 0.3 is 0 Å². The molecule has 1 aromatic carbocycles.